The minimum atomic E-state index is -0.733. The van der Waals surface area contributed by atoms with Gasteiger partial charge in [-0.25, -0.2) is 0 Å². The molecule has 1 amide bonds. The Kier molecular flexibility index (Phi) is 4.24. The van der Waals surface area contributed by atoms with Crippen LogP contribution < -0.4 is 10.6 Å². The summed E-state index contributed by atoms with van der Waals surface area (Å²) in [5.74, 6) is -0.0532. The van der Waals surface area contributed by atoms with Gasteiger partial charge in [0.1, 0.15) is 6.04 Å². The normalized spacial score (nSPS) is 15.5. The minimum Gasteiger partial charge on any atom is -0.326 e. The minimum absolute atomic E-state index is 0.0877. The third-order valence-corrected chi connectivity index (χ3v) is 4.27. The average molecular weight is 378 g/mol. The van der Waals surface area contributed by atoms with Crippen LogP contribution in [0, 0.1) is 10.1 Å². The second-order valence-corrected chi connectivity index (χ2v) is 6.06. The predicted octanol–water partition coefficient (Wildman–Crippen LogP) is 1.90. The molecule has 0 radical (unpaired) electrons. The highest BCUT2D eigenvalue weighted by Gasteiger charge is 2.34. The lowest BCUT2D eigenvalue weighted by Gasteiger charge is -2.27. The van der Waals surface area contributed by atoms with Crippen molar-refractivity contribution >= 4 is 23.2 Å². The number of benzene rings is 1. The van der Waals surface area contributed by atoms with Crippen LogP contribution in [0.1, 0.15) is 18.5 Å². The molecule has 11 nitrogen and oxygen atoms in total. The van der Waals surface area contributed by atoms with Gasteiger partial charge in [0.2, 0.25) is 5.95 Å². The van der Waals surface area contributed by atoms with Gasteiger partial charge < -0.3 is 10.6 Å². The lowest BCUT2D eigenvalue weighted by atomic mass is 9.94. The summed E-state index contributed by atoms with van der Waals surface area (Å²) in [7, 11) is 0. The summed E-state index contributed by atoms with van der Waals surface area (Å²) in [6.07, 6.45) is 3.12. The van der Waals surface area contributed by atoms with E-state index in [0.717, 1.165) is 0 Å². The van der Waals surface area contributed by atoms with E-state index in [4.69, 9.17) is 0 Å². The maximum Gasteiger partial charge on any atom is 0.269 e. The molecule has 11 heteroatoms. The van der Waals surface area contributed by atoms with Gasteiger partial charge >= 0.3 is 0 Å². The van der Waals surface area contributed by atoms with E-state index in [2.05, 4.69) is 31.1 Å². The number of anilines is 2. The monoisotopic (exact) mass is 378 g/mol. The molecule has 3 heterocycles. The fraction of sp³-hybridized carbons (Fsp3) is 0.118. The SMILES string of the molecule is CC1=C(C(=O)Nc2cccnc2)[C@@H](c2cccc([N+](=O)[O-])c2)n2nnnc2N1. The van der Waals surface area contributed by atoms with Gasteiger partial charge in [0, 0.05) is 24.0 Å². The lowest BCUT2D eigenvalue weighted by molar-refractivity contribution is -0.384. The van der Waals surface area contributed by atoms with Crippen LogP contribution in [0.4, 0.5) is 17.3 Å². The number of hydrogen-bond acceptors (Lipinski definition) is 8. The molecule has 1 aromatic carbocycles. The van der Waals surface area contributed by atoms with E-state index in [1.54, 1.807) is 37.4 Å². The van der Waals surface area contributed by atoms with Gasteiger partial charge in [0.15, 0.2) is 0 Å². The number of carbonyl (C=O) groups excluding carboxylic acids is 1. The first-order valence-corrected chi connectivity index (χ1v) is 8.26. The lowest BCUT2D eigenvalue weighted by Crippen LogP contribution is -2.31. The zero-order chi connectivity index (χ0) is 19.7. The Bertz CT molecular complexity index is 1090. The maximum atomic E-state index is 13.1. The van der Waals surface area contributed by atoms with Crippen molar-refractivity contribution in [1.29, 1.82) is 0 Å². The Balaban J connectivity index is 1.80. The number of nitrogens with zero attached hydrogens (tertiary/aromatic N) is 6. The van der Waals surface area contributed by atoms with Crippen LogP contribution in [0.25, 0.3) is 0 Å². The number of aromatic nitrogens is 5. The van der Waals surface area contributed by atoms with Crippen LogP contribution in [0.5, 0.6) is 0 Å². The first-order valence-electron chi connectivity index (χ1n) is 8.26. The van der Waals surface area contributed by atoms with Crippen molar-refractivity contribution in [2.24, 2.45) is 0 Å². The largest absolute Gasteiger partial charge is 0.326 e. The fourth-order valence-corrected chi connectivity index (χ4v) is 3.06. The fourth-order valence-electron chi connectivity index (χ4n) is 3.06. The summed E-state index contributed by atoms with van der Waals surface area (Å²) in [6.45, 7) is 1.72. The highest BCUT2D eigenvalue weighted by atomic mass is 16.6. The molecule has 28 heavy (non-hydrogen) atoms. The van der Waals surface area contributed by atoms with Crippen LogP contribution in [0.2, 0.25) is 0 Å². The average Bonchev–Trinajstić information content (AvgIpc) is 3.15. The smallest absolute Gasteiger partial charge is 0.269 e. The molecule has 0 saturated heterocycles. The summed E-state index contributed by atoms with van der Waals surface area (Å²) in [5, 5.41) is 28.5. The number of non-ortho nitro benzene ring substituents is 1. The maximum absolute atomic E-state index is 13.1. The number of nitrogens with one attached hydrogen (secondary N) is 2. The Morgan fingerprint density at radius 2 is 2.18 bits per heavy atom. The summed E-state index contributed by atoms with van der Waals surface area (Å²) in [6, 6.07) is 8.73. The first kappa shape index (κ1) is 17.3. The molecule has 0 fully saturated rings. The summed E-state index contributed by atoms with van der Waals surface area (Å²) >= 11 is 0. The molecule has 2 N–H and O–H groups in total. The number of carbonyl (C=O) groups is 1. The molecule has 0 spiro atoms. The molecule has 2 aromatic heterocycles. The summed E-state index contributed by atoms with van der Waals surface area (Å²) in [5.41, 5.74) is 1.83. The molecule has 1 aliphatic rings. The molecule has 0 bridgehead atoms. The molecule has 0 aliphatic carbocycles. The van der Waals surface area contributed by atoms with Crippen molar-refractivity contribution in [3.8, 4) is 0 Å². The molecular weight excluding hydrogens is 364 g/mol. The van der Waals surface area contributed by atoms with Gasteiger partial charge in [-0.05, 0) is 35.0 Å². The first-order chi connectivity index (χ1) is 13.5. The molecular formula is C17H14N8O3. The molecule has 4 rings (SSSR count). The van der Waals surface area contributed by atoms with Gasteiger partial charge in [-0.15, -0.1) is 0 Å². The van der Waals surface area contributed by atoms with E-state index < -0.39 is 16.9 Å². The number of nitro benzene ring substituents is 1. The van der Waals surface area contributed by atoms with Crippen LogP contribution in [0.15, 0.2) is 60.1 Å². The third kappa shape index (κ3) is 3.05. The molecule has 140 valence electrons. The van der Waals surface area contributed by atoms with Crippen molar-refractivity contribution in [2.75, 3.05) is 10.6 Å². The Morgan fingerprint density at radius 1 is 1.32 bits per heavy atom. The third-order valence-electron chi connectivity index (χ3n) is 4.27. The molecule has 0 unspecified atom stereocenters. The van der Waals surface area contributed by atoms with E-state index in [9.17, 15) is 14.9 Å². The summed E-state index contributed by atoms with van der Waals surface area (Å²) < 4.78 is 1.42. The van der Waals surface area contributed by atoms with Gasteiger partial charge in [0.25, 0.3) is 11.6 Å². The van der Waals surface area contributed by atoms with Crippen molar-refractivity contribution in [3.63, 3.8) is 0 Å². The van der Waals surface area contributed by atoms with Crippen molar-refractivity contribution in [2.45, 2.75) is 13.0 Å². The van der Waals surface area contributed by atoms with E-state index >= 15 is 0 Å². The van der Waals surface area contributed by atoms with E-state index in [0.29, 0.717) is 28.5 Å². The second-order valence-electron chi connectivity index (χ2n) is 6.06. The highest BCUT2D eigenvalue weighted by molar-refractivity contribution is 6.05. The Hall–Kier alpha value is -4.15. The molecule has 1 aliphatic heterocycles. The van der Waals surface area contributed by atoms with E-state index in [-0.39, 0.29) is 5.69 Å². The Labute approximate surface area is 158 Å². The zero-order valence-electron chi connectivity index (χ0n) is 14.6. The van der Waals surface area contributed by atoms with E-state index in [1.807, 2.05) is 0 Å². The highest BCUT2D eigenvalue weighted by Crippen LogP contribution is 2.35. The zero-order valence-corrected chi connectivity index (χ0v) is 14.6. The van der Waals surface area contributed by atoms with Gasteiger partial charge in [-0.1, -0.05) is 17.2 Å². The number of pyridine rings is 1. The van der Waals surface area contributed by atoms with Gasteiger partial charge in [0.05, 0.1) is 22.4 Å². The van der Waals surface area contributed by atoms with Crippen molar-refractivity contribution in [3.05, 3.63) is 75.7 Å². The van der Waals surface area contributed by atoms with E-state index in [1.165, 1.54) is 23.0 Å². The molecule has 3 aromatic rings. The summed E-state index contributed by atoms with van der Waals surface area (Å²) in [4.78, 5) is 27.7. The quantitative estimate of drug-likeness (QED) is 0.518. The number of hydrogen-bond donors (Lipinski definition) is 2. The van der Waals surface area contributed by atoms with Gasteiger partial charge in [-0.3, -0.25) is 19.9 Å². The van der Waals surface area contributed by atoms with Crippen molar-refractivity contribution in [1.82, 2.24) is 25.2 Å². The number of tetrazole rings is 1. The number of rotatable bonds is 4. The van der Waals surface area contributed by atoms with Gasteiger partial charge in [-0.2, -0.15) is 4.68 Å². The number of nitro groups is 1. The number of amides is 1. The molecule has 0 saturated carbocycles. The van der Waals surface area contributed by atoms with Crippen LogP contribution in [0.3, 0.4) is 0 Å². The number of fused-ring (bicyclic) bond motifs is 1. The standard InChI is InChI=1S/C17H14N8O3/c1-10-14(16(26)20-12-5-3-7-18-9-12)15(24-17(19-10)21-22-23-24)11-4-2-6-13(8-11)25(27)28/h2-9,15H,1H3,(H,20,26)(H,19,21,23)/t15-/m1/s1. The topological polar surface area (TPSA) is 141 Å². The second kappa shape index (κ2) is 6.87. The van der Waals surface area contributed by atoms with Crippen molar-refractivity contribution < 1.29 is 9.72 Å². The molecule has 1 atom stereocenters. The van der Waals surface area contributed by atoms with Crippen LogP contribution in [-0.2, 0) is 4.79 Å². The Morgan fingerprint density at radius 3 is 2.93 bits per heavy atom. The van der Waals surface area contributed by atoms with Crippen LogP contribution in [-0.4, -0.2) is 36.0 Å². The predicted molar refractivity (Wildman–Crippen MR) is 98.2 cm³/mol. The number of allylic oxidation sites excluding steroid dienone is 1. The van der Waals surface area contributed by atoms with Crippen LogP contribution >= 0.6 is 0 Å².